The molecular formula is C8H9N2P. The summed E-state index contributed by atoms with van der Waals surface area (Å²) < 4.78 is 2.03. The summed E-state index contributed by atoms with van der Waals surface area (Å²) in [5, 5.41) is 2.41. The zero-order valence-electron chi connectivity index (χ0n) is 6.28. The molecule has 2 aromatic heterocycles. The monoisotopic (exact) mass is 164 g/mol. The molecule has 2 heterocycles. The van der Waals surface area contributed by atoms with Crippen molar-refractivity contribution in [1.29, 1.82) is 0 Å². The maximum atomic E-state index is 4.25. The van der Waals surface area contributed by atoms with E-state index in [2.05, 4.69) is 26.5 Å². The van der Waals surface area contributed by atoms with Gasteiger partial charge in [-0.25, -0.2) is 4.98 Å². The van der Waals surface area contributed by atoms with E-state index < -0.39 is 0 Å². The normalized spacial score (nSPS) is 10.7. The van der Waals surface area contributed by atoms with E-state index in [4.69, 9.17) is 0 Å². The largest absolute Gasteiger partial charge is 0.335 e. The highest BCUT2D eigenvalue weighted by molar-refractivity contribution is 7.28. The van der Waals surface area contributed by atoms with Crippen molar-refractivity contribution >= 4 is 25.6 Å². The molecule has 0 aliphatic carbocycles. The fourth-order valence-electron chi connectivity index (χ4n) is 1.24. The van der Waals surface area contributed by atoms with E-state index in [0.717, 1.165) is 5.65 Å². The summed E-state index contributed by atoms with van der Waals surface area (Å²) in [5.74, 6) is 0. The summed E-state index contributed by atoms with van der Waals surface area (Å²) in [6.45, 7) is 0. The van der Waals surface area contributed by atoms with Crippen molar-refractivity contribution in [1.82, 2.24) is 9.55 Å². The smallest absolute Gasteiger partial charge is 0.140 e. The number of rotatable bonds is 0. The van der Waals surface area contributed by atoms with E-state index >= 15 is 0 Å². The maximum absolute atomic E-state index is 4.25. The Balaban J connectivity index is 2.95. The average Bonchev–Trinajstić information content (AvgIpc) is 2.30. The molecule has 1 atom stereocenters. The van der Waals surface area contributed by atoms with E-state index in [1.165, 1.54) is 10.7 Å². The highest BCUT2D eigenvalue weighted by Crippen LogP contribution is 2.10. The molecule has 0 fully saturated rings. The molecule has 1 unspecified atom stereocenters. The molecule has 56 valence electrons. The second-order valence-electron chi connectivity index (χ2n) is 2.57. The minimum atomic E-state index is 1.04. The molecule has 0 aliphatic heterocycles. The molecule has 2 rings (SSSR count). The van der Waals surface area contributed by atoms with Crippen LogP contribution in [0.25, 0.3) is 11.0 Å². The van der Waals surface area contributed by atoms with Gasteiger partial charge in [0.1, 0.15) is 5.65 Å². The van der Waals surface area contributed by atoms with Gasteiger partial charge in [0.15, 0.2) is 0 Å². The van der Waals surface area contributed by atoms with E-state index in [1.54, 1.807) is 0 Å². The second kappa shape index (κ2) is 2.31. The van der Waals surface area contributed by atoms with Crippen molar-refractivity contribution in [2.24, 2.45) is 7.05 Å². The Morgan fingerprint density at radius 1 is 1.55 bits per heavy atom. The molecule has 0 amide bonds. The Morgan fingerprint density at radius 3 is 3.09 bits per heavy atom. The molecule has 2 nitrogen and oxygen atoms in total. The average molecular weight is 164 g/mol. The van der Waals surface area contributed by atoms with Gasteiger partial charge < -0.3 is 4.57 Å². The zero-order chi connectivity index (χ0) is 7.84. The third-order valence-electron chi connectivity index (χ3n) is 1.76. The van der Waals surface area contributed by atoms with E-state index in [9.17, 15) is 0 Å². The van der Waals surface area contributed by atoms with Gasteiger partial charge in [-0.2, -0.15) is 0 Å². The molecule has 0 spiro atoms. The van der Waals surface area contributed by atoms with Crippen LogP contribution < -0.4 is 5.30 Å². The minimum absolute atomic E-state index is 1.04. The summed E-state index contributed by atoms with van der Waals surface area (Å²) in [6.07, 6.45) is 3.87. The van der Waals surface area contributed by atoms with E-state index in [0.29, 0.717) is 0 Å². The van der Waals surface area contributed by atoms with Gasteiger partial charge in [0.05, 0.1) is 0 Å². The molecule has 0 aliphatic rings. The Morgan fingerprint density at radius 2 is 2.36 bits per heavy atom. The molecule has 0 saturated carbocycles. The standard InChI is InChI=1S/C8H9N2P/c1-10-5-7(11)6-3-2-4-9-8(6)10/h2-5H,11H2,1H3. The summed E-state index contributed by atoms with van der Waals surface area (Å²) in [6, 6.07) is 4.03. The molecule has 3 heteroatoms. The first-order valence-corrected chi connectivity index (χ1v) is 4.02. The summed E-state index contributed by atoms with van der Waals surface area (Å²) in [4.78, 5) is 4.25. The molecule has 0 aromatic carbocycles. The van der Waals surface area contributed by atoms with Crippen molar-refractivity contribution in [2.45, 2.75) is 0 Å². The number of fused-ring (bicyclic) bond motifs is 1. The third-order valence-corrected chi connectivity index (χ3v) is 2.22. The number of hydrogen-bond acceptors (Lipinski definition) is 1. The van der Waals surface area contributed by atoms with Gasteiger partial charge in [0, 0.05) is 24.8 Å². The molecule has 0 saturated heterocycles. The summed E-state index contributed by atoms with van der Waals surface area (Å²) in [5.41, 5.74) is 1.04. The third kappa shape index (κ3) is 0.945. The van der Waals surface area contributed by atoms with Crippen LogP contribution in [0.3, 0.4) is 0 Å². The molecule has 0 bridgehead atoms. The van der Waals surface area contributed by atoms with Crippen LogP contribution in [0.4, 0.5) is 0 Å². The Kier molecular flexibility index (Phi) is 1.43. The molecule has 11 heavy (non-hydrogen) atoms. The lowest BCUT2D eigenvalue weighted by atomic mass is 10.3. The van der Waals surface area contributed by atoms with E-state index in [1.807, 2.05) is 23.9 Å². The van der Waals surface area contributed by atoms with Gasteiger partial charge in [0.2, 0.25) is 0 Å². The molecule has 0 radical (unpaired) electrons. The van der Waals surface area contributed by atoms with Crippen molar-refractivity contribution < 1.29 is 0 Å². The van der Waals surface area contributed by atoms with Crippen LogP contribution in [0.2, 0.25) is 0 Å². The first kappa shape index (κ1) is 6.81. The number of pyridine rings is 1. The molecule has 2 aromatic rings. The van der Waals surface area contributed by atoms with Gasteiger partial charge >= 0.3 is 0 Å². The Labute approximate surface area is 67.4 Å². The summed E-state index contributed by atoms with van der Waals surface area (Å²) >= 11 is 0. The Hall–Kier alpha value is -0.880. The van der Waals surface area contributed by atoms with Crippen LogP contribution in [-0.4, -0.2) is 9.55 Å². The highest BCUT2D eigenvalue weighted by Gasteiger charge is 2.00. The van der Waals surface area contributed by atoms with Gasteiger partial charge in [0.25, 0.3) is 0 Å². The lowest BCUT2D eigenvalue weighted by Gasteiger charge is -1.91. The molecular weight excluding hydrogens is 155 g/mol. The zero-order valence-corrected chi connectivity index (χ0v) is 7.44. The van der Waals surface area contributed by atoms with Crippen molar-refractivity contribution in [2.75, 3.05) is 0 Å². The van der Waals surface area contributed by atoms with E-state index in [-0.39, 0.29) is 0 Å². The van der Waals surface area contributed by atoms with Crippen LogP contribution in [-0.2, 0) is 7.05 Å². The second-order valence-corrected chi connectivity index (χ2v) is 3.19. The number of aryl methyl sites for hydroxylation is 1. The van der Waals surface area contributed by atoms with Crippen molar-refractivity contribution in [3.63, 3.8) is 0 Å². The van der Waals surface area contributed by atoms with Gasteiger partial charge in [-0.1, -0.05) is 0 Å². The van der Waals surface area contributed by atoms with Crippen LogP contribution in [0, 0.1) is 0 Å². The van der Waals surface area contributed by atoms with Crippen molar-refractivity contribution in [3.05, 3.63) is 24.5 Å². The van der Waals surface area contributed by atoms with Gasteiger partial charge in [-0.3, -0.25) is 0 Å². The fraction of sp³-hybridized carbons (Fsp3) is 0.125. The van der Waals surface area contributed by atoms with Crippen LogP contribution in [0.15, 0.2) is 24.5 Å². The quantitative estimate of drug-likeness (QED) is 0.532. The fourth-order valence-corrected chi connectivity index (χ4v) is 1.69. The number of aromatic nitrogens is 2. The van der Waals surface area contributed by atoms with Crippen LogP contribution >= 0.6 is 9.24 Å². The van der Waals surface area contributed by atoms with Crippen molar-refractivity contribution in [3.8, 4) is 0 Å². The minimum Gasteiger partial charge on any atom is -0.335 e. The Bertz CT molecular complexity index is 356. The lowest BCUT2D eigenvalue weighted by molar-refractivity contribution is 0.951. The number of nitrogens with zero attached hydrogens (tertiary/aromatic N) is 2. The van der Waals surface area contributed by atoms with Crippen LogP contribution in [0.1, 0.15) is 0 Å². The SMILES string of the molecule is Cn1cc(P)c2cccnc21. The number of hydrogen-bond donors (Lipinski definition) is 0. The molecule has 0 N–H and O–H groups in total. The first-order chi connectivity index (χ1) is 5.29. The predicted octanol–water partition coefficient (Wildman–Crippen LogP) is 1.07. The first-order valence-electron chi connectivity index (χ1n) is 3.44. The highest BCUT2D eigenvalue weighted by atomic mass is 31.0. The van der Waals surface area contributed by atoms with Crippen LogP contribution in [0.5, 0.6) is 0 Å². The topological polar surface area (TPSA) is 17.8 Å². The van der Waals surface area contributed by atoms with Gasteiger partial charge in [-0.05, 0) is 17.4 Å². The van der Waals surface area contributed by atoms with Gasteiger partial charge in [-0.15, -0.1) is 9.24 Å². The summed E-state index contributed by atoms with van der Waals surface area (Å²) in [7, 11) is 4.71. The predicted molar refractivity (Wildman–Crippen MR) is 50.1 cm³/mol. The maximum Gasteiger partial charge on any atom is 0.140 e. The lowest BCUT2D eigenvalue weighted by Crippen LogP contribution is -1.85.